The molecule has 1 aromatic heterocycles. The summed E-state index contributed by atoms with van der Waals surface area (Å²) in [6.07, 6.45) is 0. The number of thiazole rings is 1. The van der Waals surface area contributed by atoms with Crippen molar-refractivity contribution >= 4 is 39.1 Å². The molecule has 0 fully saturated rings. The van der Waals surface area contributed by atoms with Crippen molar-refractivity contribution in [3.8, 4) is 5.75 Å². The summed E-state index contributed by atoms with van der Waals surface area (Å²) in [6, 6.07) is 12.8. The molecule has 2 aromatic carbocycles. The second-order valence-electron chi connectivity index (χ2n) is 4.83. The van der Waals surface area contributed by atoms with Gasteiger partial charge in [-0.05, 0) is 31.2 Å². The zero-order valence-electron chi connectivity index (χ0n) is 12.7. The van der Waals surface area contributed by atoms with E-state index in [1.807, 2.05) is 29.7 Å². The minimum absolute atomic E-state index is 0.344. The Bertz CT molecular complexity index is 943. The zero-order valence-corrected chi connectivity index (χ0v) is 14.3. The van der Waals surface area contributed by atoms with Crippen LogP contribution in [0.1, 0.15) is 17.3 Å². The average molecular weight is 347 g/mol. The minimum Gasteiger partial charge on any atom is -0.495 e. The van der Waals surface area contributed by atoms with E-state index in [1.54, 1.807) is 31.4 Å². The van der Waals surface area contributed by atoms with Crippen LogP contribution in [0.4, 0.5) is 0 Å². The van der Waals surface area contributed by atoms with E-state index in [1.165, 1.54) is 11.3 Å². The third kappa shape index (κ3) is 2.90. The number of methoxy groups -OCH3 is 1. The van der Waals surface area contributed by atoms with Gasteiger partial charge in [-0.3, -0.25) is 4.79 Å². The highest BCUT2D eigenvalue weighted by atomic mass is 35.5. The maximum Gasteiger partial charge on any atom is 0.281 e. The highest BCUT2D eigenvalue weighted by molar-refractivity contribution is 7.16. The highest BCUT2D eigenvalue weighted by Gasteiger charge is 2.13. The monoisotopic (exact) mass is 346 g/mol. The first-order chi connectivity index (χ1) is 11.2. The lowest BCUT2D eigenvalue weighted by Gasteiger charge is -2.05. The molecule has 0 bridgehead atoms. The van der Waals surface area contributed by atoms with Crippen LogP contribution in [0.3, 0.4) is 0 Å². The molecule has 0 saturated heterocycles. The number of carbonyl (C=O) groups excluding carboxylic acids is 1. The average Bonchev–Trinajstić information content (AvgIpc) is 2.92. The van der Waals surface area contributed by atoms with Crippen molar-refractivity contribution in [1.82, 2.24) is 4.57 Å². The van der Waals surface area contributed by atoms with Crippen LogP contribution in [0.2, 0.25) is 5.02 Å². The number of carbonyl (C=O) groups is 1. The predicted octanol–water partition coefficient (Wildman–Crippen LogP) is 4.13. The molecule has 0 aliphatic rings. The van der Waals surface area contributed by atoms with Crippen molar-refractivity contribution in [3.63, 3.8) is 0 Å². The molecule has 118 valence electrons. The molecule has 0 unspecified atom stereocenters. The smallest absolute Gasteiger partial charge is 0.281 e. The molecular weight excluding hydrogens is 332 g/mol. The van der Waals surface area contributed by atoms with E-state index in [0.717, 1.165) is 16.0 Å². The SMILES string of the molecule is CCn1c(=NC(=O)c2ccccc2Cl)sc2cccc(OC)c21. The second-order valence-corrected chi connectivity index (χ2v) is 6.25. The van der Waals surface area contributed by atoms with E-state index in [4.69, 9.17) is 16.3 Å². The Morgan fingerprint density at radius 1 is 1.26 bits per heavy atom. The molecule has 1 heterocycles. The Balaban J connectivity index is 2.20. The van der Waals surface area contributed by atoms with Gasteiger partial charge in [-0.15, -0.1) is 0 Å². The molecular formula is C17H15ClN2O2S. The molecule has 0 atom stereocenters. The Kier molecular flexibility index (Phi) is 4.50. The van der Waals surface area contributed by atoms with Gasteiger partial charge in [0.15, 0.2) is 4.80 Å². The normalized spacial score (nSPS) is 11.9. The summed E-state index contributed by atoms with van der Waals surface area (Å²) < 4.78 is 8.43. The van der Waals surface area contributed by atoms with Gasteiger partial charge >= 0.3 is 0 Å². The molecule has 23 heavy (non-hydrogen) atoms. The molecule has 3 rings (SSSR count). The van der Waals surface area contributed by atoms with Crippen molar-refractivity contribution in [3.05, 3.63) is 57.9 Å². The number of fused-ring (bicyclic) bond motifs is 1. The summed E-state index contributed by atoms with van der Waals surface area (Å²) >= 11 is 7.54. The van der Waals surface area contributed by atoms with Crippen molar-refractivity contribution in [2.75, 3.05) is 7.11 Å². The fraction of sp³-hybridized carbons (Fsp3) is 0.176. The van der Waals surface area contributed by atoms with Gasteiger partial charge in [-0.1, -0.05) is 41.1 Å². The van der Waals surface area contributed by atoms with Gasteiger partial charge in [0.25, 0.3) is 5.91 Å². The maximum absolute atomic E-state index is 12.4. The molecule has 0 radical (unpaired) electrons. The number of benzene rings is 2. The molecule has 3 aromatic rings. The van der Waals surface area contributed by atoms with E-state index in [0.29, 0.717) is 21.9 Å². The van der Waals surface area contributed by atoms with Crippen LogP contribution in [-0.4, -0.2) is 17.6 Å². The number of aryl methyl sites for hydroxylation is 1. The number of nitrogens with zero attached hydrogens (tertiary/aromatic N) is 2. The van der Waals surface area contributed by atoms with Crippen LogP contribution in [0, 0.1) is 0 Å². The van der Waals surface area contributed by atoms with Crippen LogP contribution >= 0.6 is 22.9 Å². The summed E-state index contributed by atoms with van der Waals surface area (Å²) in [4.78, 5) is 17.4. The van der Waals surface area contributed by atoms with Crippen molar-refractivity contribution in [2.24, 2.45) is 4.99 Å². The van der Waals surface area contributed by atoms with Gasteiger partial charge in [0.1, 0.15) is 11.3 Å². The minimum atomic E-state index is -0.344. The molecule has 0 aliphatic heterocycles. The van der Waals surface area contributed by atoms with Crippen LogP contribution in [0.5, 0.6) is 5.75 Å². The predicted molar refractivity (Wildman–Crippen MR) is 93.4 cm³/mol. The fourth-order valence-electron chi connectivity index (χ4n) is 2.42. The van der Waals surface area contributed by atoms with Crippen molar-refractivity contribution in [2.45, 2.75) is 13.5 Å². The summed E-state index contributed by atoms with van der Waals surface area (Å²) in [5.41, 5.74) is 1.36. The van der Waals surface area contributed by atoms with Crippen LogP contribution in [-0.2, 0) is 6.54 Å². The molecule has 6 heteroatoms. The number of hydrogen-bond donors (Lipinski definition) is 0. The van der Waals surface area contributed by atoms with Crippen LogP contribution in [0.25, 0.3) is 10.2 Å². The first-order valence-corrected chi connectivity index (χ1v) is 8.35. The number of para-hydroxylation sites is 1. The first-order valence-electron chi connectivity index (χ1n) is 7.15. The van der Waals surface area contributed by atoms with E-state index >= 15 is 0 Å². The molecule has 0 aliphatic carbocycles. The second kappa shape index (κ2) is 6.56. The fourth-order valence-corrected chi connectivity index (χ4v) is 3.75. The quantitative estimate of drug-likeness (QED) is 0.715. The van der Waals surface area contributed by atoms with Gasteiger partial charge in [0.2, 0.25) is 0 Å². The standard InChI is InChI=1S/C17H15ClN2O2S/c1-3-20-15-13(22-2)9-6-10-14(15)23-17(20)19-16(21)11-7-4-5-8-12(11)18/h4-10H,3H2,1-2H3. The van der Waals surface area contributed by atoms with Gasteiger partial charge in [0.05, 0.1) is 22.4 Å². The van der Waals surface area contributed by atoms with Crippen LogP contribution < -0.4 is 9.54 Å². The number of rotatable bonds is 3. The Hall–Kier alpha value is -2.11. The van der Waals surface area contributed by atoms with Crippen molar-refractivity contribution < 1.29 is 9.53 Å². The van der Waals surface area contributed by atoms with Gasteiger partial charge in [-0.25, -0.2) is 0 Å². The maximum atomic E-state index is 12.4. The Morgan fingerprint density at radius 3 is 2.74 bits per heavy atom. The summed E-state index contributed by atoms with van der Waals surface area (Å²) in [5.74, 6) is 0.426. The lowest BCUT2D eigenvalue weighted by molar-refractivity contribution is 0.0998. The van der Waals surface area contributed by atoms with E-state index in [9.17, 15) is 4.79 Å². The number of ether oxygens (including phenoxy) is 1. The molecule has 0 N–H and O–H groups in total. The van der Waals surface area contributed by atoms with E-state index < -0.39 is 0 Å². The number of amides is 1. The topological polar surface area (TPSA) is 43.6 Å². The first kappa shape index (κ1) is 15.8. The lowest BCUT2D eigenvalue weighted by Crippen LogP contribution is -2.16. The largest absolute Gasteiger partial charge is 0.495 e. The van der Waals surface area contributed by atoms with E-state index in [-0.39, 0.29) is 5.91 Å². The van der Waals surface area contributed by atoms with E-state index in [2.05, 4.69) is 4.99 Å². The summed E-state index contributed by atoms with van der Waals surface area (Å²) in [6.45, 7) is 2.70. The molecule has 0 saturated carbocycles. The van der Waals surface area contributed by atoms with Gasteiger partial charge in [-0.2, -0.15) is 4.99 Å². The Morgan fingerprint density at radius 2 is 2.04 bits per heavy atom. The summed E-state index contributed by atoms with van der Waals surface area (Å²) in [7, 11) is 1.64. The number of aromatic nitrogens is 1. The van der Waals surface area contributed by atoms with Gasteiger partial charge in [0, 0.05) is 6.54 Å². The zero-order chi connectivity index (χ0) is 16.4. The highest BCUT2D eigenvalue weighted by Crippen LogP contribution is 2.27. The number of halogens is 1. The number of hydrogen-bond acceptors (Lipinski definition) is 3. The van der Waals surface area contributed by atoms with Gasteiger partial charge < -0.3 is 9.30 Å². The van der Waals surface area contributed by atoms with Crippen LogP contribution in [0.15, 0.2) is 47.5 Å². The summed E-state index contributed by atoms with van der Waals surface area (Å²) in [5, 5.41) is 0.406. The van der Waals surface area contributed by atoms with Crippen molar-refractivity contribution in [1.29, 1.82) is 0 Å². The third-order valence-corrected chi connectivity index (χ3v) is 4.87. The molecule has 1 amide bonds. The Labute approximate surface area is 142 Å². The third-order valence-electron chi connectivity index (χ3n) is 3.50. The lowest BCUT2D eigenvalue weighted by atomic mass is 10.2. The molecule has 0 spiro atoms. The molecule has 4 nitrogen and oxygen atoms in total.